The fourth-order valence-electron chi connectivity index (χ4n) is 1.90. The van der Waals surface area contributed by atoms with Gasteiger partial charge < -0.3 is 20.1 Å². The third kappa shape index (κ3) is 2.01. The van der Waals surface area contributed by atoms with Crippen molar-refractivity contribution in [1.29, 1.82) is 5.26 Å². The molecular weight excluding hydrogens is 224 g/mol. The van der Waals surface area contributed by atoms with E-state index in [1.807, 2.05) is 6.07 Å². The van der Waals surface area contributed by atoms with E-state index in [4.69, 9.17) is 15.1 Å². The van der Waals surface area contributed by atoms with Crippen molar-refractivity contribution in [3.63, 3.8) is 0 Å². The lowest BCUT2D eigenvalue weighted by Gasteiger charge is -2.15. The molecular formula is C11H12N2O4. The van der Waals surface area contributed by atoms with Crippen LogP contribution < -0.4 is 0 Å². The highest BCUT2D eigenvalue weighted by atomic mass is 16.6. The zero-order valence-corrected chi connectivity index (χ0v) is 8.89. The monoisotopic (exact) mass is 236 g/mol. The van der Waals surface area contributed by atoms with E-state index in [9.17, 15) is 10.2 Å². The van der Waals surface area contributed by atoms with Crippen LogP contribution in [-0.4, -0.2) is 45.2 Å². The number of hydrogen-bond acceptors (Lipinski definition) is 6. The van der Waals surface area contributed by atoms with E-state index in [1.165, 1.54) is 12.4 Å². The Balaban J connectivity index is 2.32. The summed E-state index contributed by atoms with van der Waals surface area (Å²) in [6.07, 6.45) is -1.14. The van der Waals surface area contributed by atoms with Crippen LogP contribution in [-0.2, 0) is 4.74 Å². The molecule has 1 aromatic rings. The van der Waals surface area contributed by atoms with Gasteiger partial charge in [0.25, 0.3) is 0 Å². The average molecular weight is 236 g/mol. The minimum atomic E-state index is -1.17. The van der Waals surface area contributed by atoms with E-state index in [-0.39, 0.29) is 12.2 Å². The van der Waals surface area contributed by atoms with E-state index >= 15 is 0 Å². The molecule has 1 fully saturated rings. The maximum atomic E-state index is 9.82. The summed E-state index contributed by atoms with van der Waals surface area (Å²) in [5.74, 6) is 0. The van der Waals surface area contributed by atoms with Gasteiger partial charge in [0.2, 0.25) is 0 Å². The number of nitrogens with zero attached hydrogens (tertiary/aromatic N) is 2. The molecule has 6 nitrogen and oxygen atoms in total. The van der Waals surface area contributed by atoms with E-state index in [0.29, 0.717) is 5.56 Å². The van der Waals surface area contributed by atoms with E-state index in [2.05, 4.69) is 4.98 Å². The predicted octanol–water partition coefficient (Wildman–Crippen LogP) is -0.893. The Morgan fingerprint density at radius 2 is 2.18 bits per heavy atom. The first-order valence-electron chi connectivity index (χ1n) is 5.15. The van der Waals surface area contributed by atoms with Crippen molar-refractivity contribution in [3.05, 3.63) is 29.6 Å². The number of hydrogen-bond donors (Lipinski definition) is 3. The minimum Gasteiger partial charge on any atom is -0.394 e. The molecule has 0 spiro atoms. The van der Waals surface area contributed by atoms with Crippen molar-refractivity contribution in [1.82, 2.24) is 4.98 Å². The van der Waals surface area contributed by atoms with Gasteiger partial charge in [-0.25, -0.2) is 0 Å². The Labute approximate surface area is 97.7 Å². The summed E-state index contributed by atoms with van der Waals surface area (Å²) < 4.78 is 5.33. The SMILES string of the molecule is N#Cc1cnccc1[C@@H]1O[C@H](CO)[C@@H](O)[C@H]1O. The summed E-state index contributed by atoms with van der Waals surface area (Å²) in [5, 5.41) is 37.3. The first kappa shape index (κ1) is 12.0. The molecule has 90 valence electrons. The van der Waals surface area contributed by atoms with Gasteiger partial charge in [0.15, 0.2) is 0 Å². The molecule has 1 aromatic heterocycles. The smallest absolute Gasteiger partial charge is 0.113 e. The van der Waals surface area contributed by atoms with Gasteiger partial charge in [0, 0.05) is 18.0 Å². The quantitative estimate of drug-likeness (QED) is 0.614. The second-order valence-electron chi connectivity index (χ2n) is 3.83. The molecule has 0 saturated carbocycles. The molecule has 0 aliphatic carbocycles. The lowest BCUT2D eigenvalue weighted by molar-refractivity contribution is -0.0228. The number of aliphatic hydroxyl groups is 3. The van der Waals surface area contributed by atoms with Gasteiger partial charge in [0.1, 0.15) is 30.5 Å². The van der Waals surface area contributed by atoms with Gasteiger partial charge in [-0.05, 0) is 6.07 Å². The Morgan fingerprint density at radius 1 is 1.41 bits per heavy atom. The third-order valence-corrected chi connectivity index (χ3v) is 2.82. The Morgan fingerprint density at radius 3 is 2.76 bits per heavy atom. The van der Waals surface area contributed by atoms with Gasteiger partial charge in [-0.1, -0.05) is 0 Å². The Kier molecular flexibility index (Phi) is 3.36. The van der Waals surface area contributed by atoms with Crippen molar-refractivity contribution in [3.8, 4) is 6.07 Å². The molecule has 6 heteroatoms. The molecule has 1 saturated heterocycles. The molecule has 1 aliphatic heterocycles. The standard InChI is InChI=1S/C11H12N2O4/c12-3-6-4-13-2-1-7(6)11-10(16)9(15)8(5-14)17-11/h1-2,4,8-11,14-16H,5H2/t8-,9-,10-,11+/m1/s1. The summed E-state index contributed by atoms with van der Waals surface area (Å²) in [7, 11) is 0. The summed E-state index contributed by atoms with van der Waals surface area (Å²) in [5.41, 5.74) is 0.743. The molecule has 2 heterocycles. The van der Waals surface area contributed by atoms with Gasteiger partial charge in [-0.2, -0.15) is 5.26 Å². The number of aromatic nitrogens is 1. The second kappa shape index (κ2) is 4.77. The zero-order valence-electron chi connectivity index (χ0n) is 8.89. The van der Waals surface area contributed by atoms with Crippen molar-refractivity contribution >= 4 is 0 Å². The van der Waals surface area contributed by atoms with Gasteiger partial charge >= 0.3 is 0 Å². The van der Waals surface area contributed by atoms with Crippen LogP contribution in [0, 0.1) is 11.3 Å². The average Bonchev–Trinajstić information content (AvgIpc) is 2.66. The fourth-order valence-corrected chi connectivity index (χ4v) is 1.90. The summed E-state index contributed by atoms with van der Waals surface area (Å²) in [4.78, 5) is 3.80. The molecule has 0 amide bonds. The molecule has 0 radical (unpaired) electrons. The summed E-state index contributed by atoms with van der Waals surface area (Å²) >= 11 is 0. The van der Waals surface area contributed by atoms with Crippen molar-refractivity contribution in [2.45, 2.75) is 24.4 Å². The largest absolute Gasteiger partial charge is 0.394 e. The number of rotatable bonds is 2. The fraction of sp³-hybridized carbons (Fsp3) is 0.455. The van der Waals surface area contributed by atoms with Crippen LogP contribution in [0.2, 0.25) is 0 Å². The molecule has 1 aliphatic rings. The first-order chi connectivity index (χ1) is 8.19. The topological polar surface area (TPSA) is 107 Å². The van der Waals surface area contributed by atoms with Crippen LogP contribution >= 0.6 is 0 Å². The molecule has 3 N–H and O–H groups in total. The number of pyridine rings is 1. The van der Waals surface area contributed by atoms with E-state index in [0.717, 1.165) is 0 Å². The summed E-state index contributed by atoms with van der Waals surface area (Å²) in [6, 6.07) is 3.50. The highest BCUT2D eigenvalue weighted by Gasteiger charge is 2.43. The lowest BCUT2D eigenvalue weighted by Crippen LogP contribution is -2.32. The van der Waals surface area contributed by atoms with Crippen LogP contribution in [0.15, 0.2) is 18.5 Å². The van der Waals surface area contributed by atoms with Crippen molar-refractivity contribution in [2.24, 2.45) is 0 Å². The van der Waals surface area contributed by atoms with E-state index < -0.39 is 24.4 Å². The van der Waals surface area contributed by atoms with Gasteiger partial charge in [0.05, 0.1) is 12.2 Å². The normalized spacial score (nSPS) is 32.4. The van der Waals surface area contributed by atoms with Gasteiger partial charge in [-0.15, -0.1) is 0 Å². The third-order valence-electron chi connectivity index (χ3n) is 2.82. The van der Waals surface area contributed by atoms with Crippen LogP contribution in [0.5, 0.6) is 0 Å². The maximum absolute atomic E-state index is 9.82. The van der Waals surface area contributed by atoms with Crippen molar-refractivity contribution in [2.75, 3.05) is 6.61 Å². The first-order valence-corrected chi connectivity index (χ1v) is 5.15. The highest BCUT2D eigenvalue weighted by molar-refractivity contribution is 5.37. The molecule has 0 aromatic carbocycles. The maximum Gasteiger partial charge on any atom is 0.113 e. The molecule has 0 unspecified atom stereocenters. The number of nitriles is 1. The van der Waals surface area contributed by atoms with Gasteiger partial charge in [-0.3, -0.25) is 4.98 Å². The van der Waals surface area contributed by atoms with Crippen LogP contribution in [0.3, 0.4) is 0 Å². The van der Waals surface area contributed by atoms with Crippen LogP contribution in [0.4, 0.5) is 0 Å². The van der Waals surface area contributed by atoms with Crippen molar-refractivity contribution < 1.29 is 20.1 Å². The zero-order chi connectivity index (χ0) is 12.4. The summed E-state index contributed by atoms with van der Waals surface area (Å²) in [6.45, 7) is -0.387. The molecule has 0 bridgehead atoms. The number of aliphatic hydroxyl groups excluding tert-OH is 3. The van der Waals surface area contributed by atoms with Crippen LogP contribution in [0.25, 0.3) is 0 Å². The Bertz CT molecular complexity index is 445. The Hall–Kier alpha value is -1.52. The molecule has 2 rings (SSSR count). The minimum absolute atomic E-state index is 0.280. The van der Waals surface area contributed by atoms with E-state index in [1.54, 1.807) is 6.07 Å². The second-order valence-corrected chi connectivity index (χ2v) is 3.83. The van der Waals surface area contributed by atoms with Crippen LogP contribution in [0.1, 0.15) is 17.2 Å². The molecule has 17 heavy (non-hydrogen) atoms. The molecule has 4 atom stereocenters. The number of ether oxygens (including phenoxy) is 1. The highest BCUT2D eigenvalue weighted by Crippen LogP contribution is 2.34. The predicted molar refractivity (Wildman–Crippen MR) is 55.7 cm³/mol. The lowest BCUT2D eigenvalue weighted by atomic mass is 9.99.